The minimum Gasteiger partial charge on any atom is -0.343 e. The van der Waals surface area contributed by atoms with Crippen LogP contribution in [0.3, 0.4) is 0 Å². The van der Waals surface area contributed by atoms with Crippen molar-refractivity contribution >= 4 is 23.2 Å². The molecule has 0 saturated heterocycles. The van der Waals surface area contributed by atoms with Crippen LogP contribution in [-0.2, 0) is 4.79 Å². The summed E-state index contributed by atoms with van der Waals surface area (Å²) in [6, 6.07) is 15.5. The molecule has 5 rings (SSSR count). The van der Waals surface area contributed by atoms with Gasteiger partial charge in [-0.3, -0.25) is 9.59 Å². The van der Waals surface area contributed by atoms with Crippen molar-refractivity contribution < 1.29 is 9.59 Å². The van der Waals surface area contributed by atoms with E-state index in [0.717, 1.165) is 46.5 Å². The van der Waals surface area contributed by atoms with Gasteiger partial charge in [-0.25, -0.2) is 4.68 Å². The molecule has 0 saturated carbocycles. The van der Waals surface area contributed by atoms with E-state index in [1.807, 2.05) is 62.4 Å². The van der Waals surface area contributed by atoms with Gasteiger partial charge in [-0.1, -0.05) is 48.0 Å². The van der Waals surface area contributed by atoms with Crippen LogP contribution in [0.15, 0.2) is 66.0 Å². The quantitative estimate of drug-likeness (QED) is 0.649. The molecular weight excluding hydrogens is 388 g/mol. The first-order valence-corrected chi connectivity index (χ1v) is 10.6. The zero-order chi connectivity index (χ0) is 21.5. The molecule has 1 aromatic heterocycles. The highest BCUT2D eigenvalue weighted by molar-refractivity contribution is 6.08. The maximum Gasteiger partial charge on any atom is 0.261 e. The molecule has 1 amide bonds. The third kappa shape index (κ3) is 3.34. The molecule has 6 nitrogen and oxygen atoms in total. The second kappa shape index (κ2) is 7.54. The third-order valence-electron chi connectivity index (χ3n) is 6.07. The van der Waals surface area contributed by atoms with Crippen LogP contribution >= 0.6 is 0 Å². The van der Waals surface area contributed by atoms with E-state index in [2.05, 4.69) is 15.7 Å². The number of anilines is 2. The molecule has 156 valence electrons. The Kier molecular flexibility index (Phi) is 4.70. The number of aryl methyl sites for hydroxylation is 2. The van der Waals surface area contributed by atoms with Crippen molar-refractivity contribution in [3.05, 3.63) is 88.3 Å². The topological polar surface area (TPSA) is 76.0 Å². The monoisotopic (exact) mass is 412 g/mol. The Bertz CT molecular complexity index is 1220. The fraction of sp³-hybridized carbons (Fsp3) is 0.240. The Labute approximate surface area is 181 Å². The lowest BCUT2D eigenvalue weighted by Gasteiger charge is -2.33. The van der Waals surface area contributed by atoms with Gasteiger partial charge in [0.15, 0.2) is 5.78 Å². The summed E-state index contributed by atoms with van der Waals surface area (Å²) in [4.78, 5) is 26.0. The molecule has 1 atom stereocenters. The fourth-order valence-corrected chi connectivity index (χ4v) is 4.38. The Morgan fingerprint density at radius 2 is 1.87 bits per heavy atom. The fourth-order valence-electron chi connectivity index (χ4n) is 4.38. The van der Waals surface area contributed by atoms with Crippen LogP contribution in [0.4, 0.5) is 11.5 Å². The standard InChI is InChI=1S/C25H24N4O2/c1-15-10-12-17(13-11-15)23-22-20(8-5-9-21(22)30)27-24-18(14-26-29(23)24)25(31)28-19-7-4-3-6-16(19)2/h3-4,6-7,10-14,23,27H,5,8-9H2,1-2H3,(H,28,31)/t23-/m1/s1. The number of benzene rings is 2. The van der Waals surface area contributed by atoms with Crippen LogP contribution in [0.2, 0.25) is 0 Å². The Morgan fingerprint density at radius 3 is 2.65 bits per heavy atom. The van der Waals surface area contributed by atoms with E-state index in [1.54, 1.807) is 10.9 Å². The molecule has 0 unspecified atom stereocenters. The van der Waals surface area contributed by atoms with E-state index in [1.165, 1.54) is 0 Å². The number of fused-ring (bicyclic) bond motifs is 1. The summed E-state index contributed by atoms with van der Waals surface area (Å²) >= 11 is 0. The largest absolute Gasteiger partial charge is 0.343 e. The van der Waals surface area contributed by atoms with Gasteiger partial charge in [0.2, 0.25) is 0 Å². The van der Waals surface area contributed by atoms with E-state index >= 15 is 0 Å². The van der Waals surface area contributed by atoms with Crippen molar-refractivity contribution in [2.45, 2.75) is 39.2 Å². The maximum absolute atomic E-state index is 13.1. The number of hydrogen-bond donors (Lipinski definition) is 2. The van der Waals surface area contributed by atoms with Crippen LogP contribution in [0.1, 0.15) is 52.4 Å². The SMILES string of the molecule is Cc1ccc([C@@H]2C3=C(CCCC3=O)Nc3c(C(=O)Nc4ccccc4C)cnn32)cc1. The average molecular weight is 412 g/mol. The number of ketones is 1. The normalized spacial score (nSPS) is 17.6. The van der Waals surface area contributed by atoms with E-state index in [-0.39, 0.29) is 17.7 Å². The molecule has 2 aromatic carbocycles. The summed E-state index contributed by atoms with van der Waals surface area (Å²) in [5.74, 6) is 0.549. The van der Waals surface area contributed by atoms with Gasteiger partial charge in [0.05, 0.1) is 6.20 Å². The summed E-state index contributed by atoms with van der Waals surface area (Å²) in [6.07, 6.45) is 3.72. The minimum absolute atomic E-state index is 0.145. The number of nitrogens with one attached hydrogen (secondary N) is 2. The third-order valence-corrected chi connectivity index (χ3v) is 6.07. The number of carbonyl (C=O) groups is 2. The van der Waals surface area contributed by atoms with Crippen molar-refractivity contribution in [3.8, 4) is 0 Å². The Morgan fingerprint density at radius 1 is 1.10 bits per heavy atom. The number of nitrogens with zero attached hydrogens (tertiary/aromatic N) is 2. The van der Waals surface area contributed by atoms with Crippen molar-refractivity contribution in [1.82, 2.24) is 9.78 Å². The molecule has 2 heterocycles. The second-order valence-electron chi connectivity index (χ2n) is 8.23. The first-order valence-electron chi connectivity index (χ1n) is 10.6. The zero-order valence-corrected chi connectivity index (χ0v) is 17.6. The predicted molar refractivity (Wildman–Crippen MR) is 120 cm³/mol. The summed E-state index contributed by atoms with van der Waals surface area (Å²) in [5.41, 5.74) is 6.03. The maximum atomic E-state index is 13.1. The van der Waals surface area contributed by atoms with E-state index in [9.17, 15) is 9.59 Å². The predicted octanol–water partition coefficient (Wildman–Crippen LogP) is 4.77. The molecule has 6 heteroatoms. The lowest BCUT2D eigenvalue weighted by Crippen LogP contribution is -2.32. The molecule has 2 aliphatic rings. The number of aromatic nitrogens is 2. The summed E-state index contributed by atoms with van der Waals surface area (Å²) in [6.45, 7) is 4.00. The van der Waals surface area contributed by atoms with Crippen molar-refractivity contribution in [2.75, 3.05) is 10.6 Å². The second-order valence-corrected chi connectivity index (χ2v) is 8.23. The summed E-state index contributed by atoms with van der Waals surface area (Å²) < 4.78 is 1.78. The van der Waals surface area contributed by atoms with Crippen molar-refractivity contribution in [3.63, 3.8) is 0 Å². The number of amides is 1. The average Bonchev–Trinajstić information content (AvgIpc) is 3.18. The Hall–Kier alpha value is -3.67. The minimum atomic E-state index is -0.334. The van der Waals surface area contributed by atoms with Gasteiger partial charge in [-0.2, -0.15) is 5.10 Å². The molecule has 3 aromatic rings. The van der Waals surface area contributed by atoms with Gasteiger partial charge >= 0.3 is 0 Å². The molecule has 31 heavy (non-hydrogen) atoms. The van der Waals surface area contributed by atoms with Gasteiger partial charge in [0.1, 0.15) is 17.4 Å². The van der Waals surface area contributed by atoms with Crippen LogP contribution in [0.25, 0.3) is 0 Å². The van der Waals surface area contributed by atoms with Gasteiger partial charge in [0.25, 0.3) is 5.91 Å². The number of carbonyl (C=O) groups excluding carboxylic acids is 2. The highest BCUT2D eigenvalue weighted by Crippen LogP contribution is 2.41. The number of para-hydroxylation sites is 1. The van der Waals surface area contributed by atoms with E-state index in [0.29, 0.717) is 17.8 Å². The summed E-state index contributed by atoms with van der Waals surface area (Å²) in [5, 5.41) is 10.9. The molecule has 0 spiro atoms. The molecule has 0 bridgehead atoms. The number of rotatable bonds is 3. The van der Waals surface area contributed by atoms with Gasteiger partial charge < -0.3 is 10.6 Å². The van der Waals surface area contributed by atoms with Crippen molar-refractivity contribution in [1.29, 1.82) is 0 Å². The smallest absolute Gasteiger partial charge is 0.261 e. The van der Waals surface area contributed by atoms with E-state index in [4.69, 9.17) is 0 Å². The van der Waals surface area contributed by atoms with Gasteiger partial charge in [-0.05, 0) is 43.9 Å². The van der Waals surface area contributed by atoms with Crippen molar-refractivity contribution in [2.24, 2.45) is 0 Å². The molecule has 0 fully saturated rings. The number of Topliss-reactive ketones (excluding diaryl/α,β-unsaturated/α-hetero) is 1. The van der Waals surface area contributed by atoms with Crippen LogP contribution in [0, 0.1) is 13.8 Å². The highest BCUT2D eigenvalue weighted by atomic mass is 16.1. The lowest BCUT2D eigenvalue weighted by molar-refractivity contribution is -0.116. The lowest BCUT2D eigenvalue weighted by atomic mass is 9.85. The highest BCUT2D eigenvalue weighted by Gasteiger charge is 2.37. The van der Waals surface area contributed by atoms with Crippen LogP contribution < -0.4 is 10.6 Å². The molecule has 0 radical (unpaired) electrons. The Balaban J connectivity index is 1.58. The molecule has 1 aliphatic heterocycles. The molecule has 1 aliphatic carbocycles. The zero-order valence-electron chi connectivity index (χ0n) is 17.6. The summed E-state index contributed by atoms with van der Waals surface area (Å²) in [7, 11) is 0. The molecule has 2 N–H and O–H groups in total. The van der Waals surface area contributed by atoms with E-state index < -0.39 is 0 Å². The number of allylic oxidation sites excluding steroid dienone is 2. The van der Waals surface area contributed by atoms with Gasteiger partial charge in [-0.15, -0.1) is 0 Å². The first kappa shape index (κ1) is 19.3. The van der Waals surface area contributed by atoms with Gasteiger partial charge in [0, 0.05) is 23.4 Å². The van der Waals surface area contributed by atoms with Crippen LogP contribution in [0.5, 0.6) is 0 Å². The number of hydrogen-bond acceptors (Lipinski definition) is 4. The molecular formula is C25H24N4O2. The van der Waals surface area contributed by atoms with Crippen LogP contribution in [-0.4, -0.2) is 21.5 Å². The first-order chi connectivity index (χ1) is 15.0.